The first-order chi connectivity index (χ1) is 8.09. The molecule has 0 unspecified atom stereocenters. The zero-order chi connectivity index (χ0) is 12.4. The van der Waals surface area contributed by atoms with Gasteiger partial charge in [-0.25, -0.2) is 9.48 Å². The molecule has 0 bridgehead atoms. The van der Waals surface area contributed by atoms with Crippen LogP contribution in [0.1, 0.15) is 20.8 Å². The van der Waals surface area contributed by atoms with Gasteiger partial charge in [-0.15, -0.1) is 0 Å². The first kappa shape index (κ1) is 10.8. The SMILES string of the molecule is NC(=O)c1ccn(-c2ccncc2C(=O)O)n1. The van der Waals surface area contributed by atoms with Crippen LogP contribution in [0.3, 0.4) is 0 Å². The van der Waals surface area contributed by atoms with E-state index < -0.39 is 11.9 Å². The van der Waals surface area contributed by atoms with Crippen LogP contribution in [0.2, 0.25) is 0 Å². The normalized spacial score (nSPS) is 10.1. The molecule has 0 aliphatic heterocycles. The molecule has 0 aromatic carbocycles. The van der Waals surface area contributed by atoms with Gasteiger partial charge in [0.05, 0.1) is 5.69 Å². The molecule has 0 aliphatic carbocycles. The Balaban J connectivity index is 2.52. The fraction of sp³-hybridized carbons (Fsp3) is 0. The molecular weight excluding hydrogens is 224 g/mol. The number of nitrogens with zero attached hydrogens (tertiary/aromatic N) is 3. The van der Waals surface area contributed by atoms with Crippen LogP contribution in [0.4, 0.5) is 0 Å². The van der Waals surface area contributed by atoms with Crippen LogP contribution in [0.25, 0.3) is 5.69 Å². The van der Waals surface area contributed by atoms with Gasteiger partial charge in [-0.1, -0.05) is 0 Å². The highest BCUT2D eigenvalue weighted by Crippen LogP contribution is 2.12. The Morgan fingerprint density at radius 2 is 2.12 bits per heavy atom. The Labute approximate surface area is 95.5 Å². The molecule has 17 heavy (non-hydrogen) atoms. The molecule has 0 radical (unpaired) electrons. The number of aromatic nitrogens is 3. The van der Waals surface area contributed by atoms with Crippen molar-refractivity contribution in [3.05, 3.63) is 42.0 Å². The molecule has 1 amide bonds. The molecule has 0 saturated heterocycles. The molecule has 3 N–H and O–H groups in total. The van der Waals surface area contributed by atoms with Crippen molar-refractivity contribution >= 4 is 11.9 Å². The zero-order valence-electron chi connectivity index (χ0n) is 8.57. The minimum absolute atomic E-state index is 0.00776. The lowest BCUT2D eigenvalue weighted by Gasteiger charge is -2.04. The van der Waals surface area contributed by atoms with Crippen molar-refractivity contribution in [2.24, 2.45) is 5.73 Å². The number of carbonyl (C=O) groups excluding carboxylic acids is 1. The van der Waals surface area contributed by atoms with E-state index in [2.05, 4.69) is 10.1 Å². The molecule has 2 rings (SSSR count). The van der Waals surface area contributed by atoms with Gasteiger partial charge in [0.25, 0.3) is 5.91 Å². The second-order valence-corrected chi connectivity index (χ2v) is 3.21. The number of amides is 1. The summed E-state index contributed by atoms with van der Waals surface area (Å²) in [5.74, 6) is -1.79. The quantitative estimate of drug-likeness (QED) is 0.777. The second-order valence-electron chi connectivity index (χ2n) is 3.21. The molecule has 86 valence electrons. The number of nitrogens with two attached hydrogens (primary N) is 1. The van der Waals surface area contributed by atoms with Crippen molar-refractivity contribution < 1.29 is 14.7 Å². The lowest BCUT2D eigenvalue weighted by molar-refractivity contribution is 0.0696. The summed E-state index contributed by atoms with van der Waals surface area (Å²) in [6, 6.07) is 2.90. The number of hydrogen-bond donors (Lipinski definition) is 2. The average Bonchev–Trinajstić information content (AvgIpc) is 2.78. The van der Waals surface area contributed by atoms with Crippen LogP contribution in [-0.2, 0) is 0 Å². The summed E-state index contributed by atoms with van der Waals surface area (Å²) in [5.41, 5.74) is 5.44. The summed E-state index contributed by atoms with van der Waals surface area (Å²) in [6.45, 7) is 0. The molecule has 0 atom stereocenters. The standard InChI is InChI=1S/C10H8N4O3/c11-9(15)7-2-4-14(13-7)8-1-3-12-5-6(8)10(16)17/h1-5H,(H2,11,15)(H,16,17). The maximum Gasteiger partial charge on any atom is 0.339 e. The fourth-order valence-corrected chi connectivity index (χ4v) is 1.34. The van der Waals surface area contributed by atoms with E-state index in [1.54, 1.807) is 0 Å². The molecule has 2 aromatic heterocycles. The molecule has 2 heterocycles. The Kier molecular flexibility index (Phi) is 2.57. The van der Waals surface area contributed by atoms with Gasteiger partial charge < -0.3 is 10.8 Å². The number of primary amides is 1. The monoisotopic (exact) mass is 232 g/mol. The minimum Gasteiger partial charge on any atom is -0.478 e. The third-order valence-electron chi connectivity index (χ3n) is 2.12. The number of carboxylic acids is 1. The van der Waals surface area contributed by atoms with Crippen LogP contribution < -0.4 is 5.73 Å². The van der Waals surface area contributed by atoms with E-state index in [1.165, 1.54) is 35.4 Å². The van der Waals surface area contributed by atoms with Crippen molar-refractivity contribution in [1.82, 2.24) is 14.8 Å². The van der Waals surface area contributed by atoms with Gasteiger partial charge in [-0.3, -0.25) is 9.78 Å². The number of carboxylic acid groups (broad SMARTS) is 1. The van der Waals surface area contributed by atoms with Gasteiger partial charge in [0.15, 0.2) is 0 Å². The van der Waals surface area contributed by atoms with Gasteiger partial charge in [0, 0.05) is 18.6 Å². The molecule has 7 nitrogen and oxygen atoms in total. The summed E-state index contributed by atoms with van der Waals surface area (Å²) in [7, 11) is 0. The van der Waals surface area contributed by atoms with Gasteiger partial charge >= 0.3 is 5.97 Å². The number of carbonyl (C=O) groups is 2. The molecular formula is C10H8N4O3. The predicted octanol–water partition coefficient (Wildman–Crippen LogP) is 0.0644. The summed E-state index contributed by atoms with van der Waals surface area (Å²) < 4.78 is 1.27. The smallest absolute Gasteiger partial charge is 0.339 e. The van der Waals surface area contributed by atoms with E-state index >= 15 is 0 Å². The molecule has 0 fully saturated rings. The van der Waals surface area contributed by atoms with E-state index in [1.807, 2.05) is 0 Å². The van der Waals surface area contributed by atoms with E-state index in [0.717, 1.165) is 0 Å². The van der Waals surface area contributed by atoms with Gasteiger partial charge in [0.1, 0.15) is 11.3 Å². The largest absolute Gasteiger partial charge is 0.478 e. The Hall–Kier alpha value is -2.70. The molecule has 2 aromatic rings. The lowest BCUT2D eigenvalue weighted by Crippen LogP contribution is -2.13. The van der Waals surface area contributed by atoms with Crippen LogP contribution in [0, 0.1) is 0 Å². The molecule has 0 spiro atoms. The van der Waals surface area contributed by atoms with Crippen molar-refractivity contribution in [3.8, 4) is 5.69 Å². The van der Waals surface area contributed by atoms with Crippen molar-refractivity contribution in [2.45, 2.75) is 0 Å². The molecule has 0 aliphatic rings. The highest BCUT2D eigenvalue weighted by atomic mass is 16.4. The second kappa shape index (κ2) is 4.05. The lowest BCUT2D eigenvalue weighted by atomic mass is 10.2. The third-order valence-corrected chi connectivity index (χ3v) is 2.12. The highest BCUT2D eigenvalue weighted by Gasteiger charge is 2.13. The van der Waals surface area contributed by atoms with Crippen molar-refractivity contribution in [3.63, 3.8) is 0 Å². The third kappa shape index (κ3) is 1.98. The maximum absolute atomic E-state index is 11.0. The molecule has 0 saturated carbocycles. The van der Waals surface area contributed by atoms with E-state index in [0.29, 0.717) is 5.69 Å². The first-order valence-electron chi connectivity index (χ1n) is 4.63. The fourth-order valence-electron chi connectivity index (χ4n) is 1.34. The van der Waals surface area contributed by atoms with Crippen LogP contribution in [-0.4, -0.2) is 31.7 Å². The minimum atomic E-state index is -1.12. The number of pyridine rings is 1. The van der Waals surface area contributed by atoms with Crippen LogP contribution in [0.15, 0.2) is 30.7 Å². The summed E-state index contributed by atoms with van der Waals surface area (Å²) in [4.78, 5) is 25.6. The summed E-state index contributed by atoms with van der Waals surface area (Å²) >= 11 is 0. The van der Waals surface area contributed by atoms with Gasteiger partial charge in [-0.2, -0.15) is 5.10 Å². The van der Waals surface area contributed by atoms with E-state index in [9.17, 15) is 9.59 Å². The zero-order valence-corrected chi connectivity index (χ0v) is 8.57. The topological polar surface area (TPSA) is 111 Å². The van der Waals surface area contributed by atoms with Crippen LogP contribution >= 0.6 is 0 Å². The number of rotatable bonds is 3. The van der Waals surface area contributed by atoms with Crippen molar-refractivity contribution in [2.75, 3.05) is 0 Å². The predicted molar refractivity (Wildman–Crippen MR) is 56.8 cm³/mol. The van der Waals surface area contributed by atoms with E-state index in [4.69, 9.17) is 10.8 Å². The van der Waals surface area contributed by atoms with Gasteiger partial charge in [0.2, 0.25) is 0 Å². The van der Waals surface area contributed by atoms with Crippen molar-refractivity contribution in [1.29, 1.82) is 0 Å². The Morgan fingerprint density at radius 3 is 2.71 bits per heavy atom. The molecule has 7 heteroatoms. The Bertz CT molecular complexity index is 591. The van der Waals surface area contributed by atoms with Gasteiger partial charge in [-0.05, 0) is 12.1 Å². The van der Waals surface area contributed by atoms with E-state index in [-0.39, 0.29) is 11.3 Å². The number of aromatic carboxylic acids is 1. The average molecular weight is 232 g/mol. The highest BCUT2D eigenvalue weighted by molar-refractivity contribution is 5.92. The number of hydrogen-bond acceptors (Lipinski definition) is 4. The summed E-state index contributed by atoms with van der Waals surface area (Å²) in [5, 5.41) is 12.8. The Morgan fingerprint density at radius 1 is 1.35 bits per heavy atom. The maximum atomic E-state index is 11.0. The summed E-state index contributed by atoms with van der Waals surface area (Å²) in [6.07, 6.45) is 4.11. The first-order valence-corrected chi connectivity index (χ1v) is 4.63. The van der Waals surface area contributed by atoms with Crippen LogP contribution in [0.5, 0.6) is 0 Å².